The Kier molecular flexibility index (Phi) is 3.00. The molecule has 4 N–H and O–H groups in total. The van der Waals surface area contributed by atoms with Crippen LogP contribution in [0.25, 0.3) is 0 Å². The summed E-state index contributed by atoms with van der Waals surface area (Å²) in [4.78, 5) is 18.0. The summed E-state index contributed by atoms with van der Waals surface area (Å²) in [6.45, 7) is -0.808. The largest absolute Gasteiger partial charge is 0.394 e. The fourth-order valence-electron chi connectivity index (χ4n) is 1.63. The first kappa shape index (κ1) is 12.8. The minimum Gasteiger partial charge on any atom is -0.394 e. The van der Waals surface area contributed by atoms with Gasteiger partial charge in [-0.05, 0) is 0 Å². The van der Waals surface area contributed by atoms with E-state index in [9.17, 15) is 18.7 Å². The van der Waals surface area contributed by atoms with Gasteiger partial charge >= 0.3 is 11.6 Å². The maximum atomic E-state index is 13.7. The molecule has 0 bridgehead atoms. The predicted octanol–water partition coefficient (Wildman–Crippen LogP) is -1.89. The molecule has 1 saturated heterocycles. The lowest BCUT2D eigenvalue weighted by atomic mass is 10.1. The topological polar surface area (TPSA) is 123 Å². The molecule has 3 atom stereocenters. The zero-order valence-electron chi connectivity index (χ0n) is 8.90. The van der Waals surface area contributed by atoms with Crippen molar-refractivity contribution in [2.75, 3.05) is 12.3 Å². The Morgan fingerprint density at radius 3 is 2.78 bits per heavy atom. The highest BCUT2D eigenvalue weighted by molar-refractivity contribution is 5.10. The number of anilines is 1. The van der Waals surface area contributed by atoms with Gasteiger partial charge in [0.05, 0.1) is 6.61 Å². The summed E-state index contributed by atoms with van der Waals surface area (Å²) in [7, 11) is 0. The third-order valence-corrected chi connectivity index (χ3v) is 2.56. The Hall–Kier alpha value is -1.65. The van der Waals surface area contributed by atoms with Crippen molar-refractivity contribution in [2.24, 2.45) is 0 Å². The van der Waals surface area contributed by atoms with Gasteiger partial charge in [0.1, 0.15) is 12.4 Å². The molecule has 0 amide bonds. The van der Waals surface area contributed by atoms with Crippen molar-refractivity contribution >= 4 is 5.95 Å². The average molecular weight is 264 g/mol. The zero-order valence-corrected chi connectivity index (χ0v) is 8.90. The normalized spacial score (nSPS) is 30.6. The van der Waals surface area contributed by atoms with Gasteiger partial charge in [-0.15, -0.1) is 0 Å². The summed E-state index contributed by atoms with van der Waals surface area (Å²) in [5, 5.41) is 18.1. The Morgan fingerprint density at radius 1 is 1.61 bits per heavy atom. The molecule has 0 aliphatic carbocycles. The molecule has 100 valence electrons. The van der Waals surface area contributed by atoms with E-state index in [0.717, 1.165) is 6.33 Å². The molecule has 0 saturated carbocycles. The van der Waals surface area contributed by atoms with E-state index in [0.29, 0.717) is 4.57 Å². The van der Waals surface area contributed by atoms with Gasteiger partial charge in [0.2, 0.25) is 12.2 Å². The van der Waals surface area contributed by atoms with Crippen LogP contribution in [0.2, 0.25) is 0 Å². The molecule has 2 rings (SSSR count). The second-order valence-corrected chi connectivity index (χ2v) is 3.73. The minimum absolute atomic E-state index is 0.364. The fourth-order valence-corrected chi connectivity index (χ4v) is 1.63. The monoisotopic (exact) mass is 264 g/mol. The lowest BCUT2D eigenvalue weighted by Gasteiger charge is -2.20. The molecular formula is C8H10F2N4O4. The van der Waals surface area contributed by atoms with Crippen molar-refractivity contribution in [1.29, 1.82) is 0 Å². The van der Waals surface area contributed by atoms with Crippen LogP contribution in [0, 0.1) is 0 Å². The first-order chi connectivity index (χ1) is 8.37. The van der Waals surface area contributed by atoms with Crippen molar-refractivity contribution < 1.29 is 23.7 Å². The van der Waals surface area contributed by atoms with E-state index >= 15 is 0 Å². The van der Waals surface area contributed by atoms with Crippen molar-refractivity contribution in [2.45, 2.75) is 24.4 Å². The van der Waals surface area contributed by atoms with Crippen molar-refractivity contribution in [3.05, 3.63) is 16.8 Å². The molecule has 0 aromatic carbocycles. The number of nitrogen functional groups attached to an aromatic ring is 1. The number of nitrogens with two attached hydrogens (primary N) is 1. The Morgan fingerprint density at radius 2 is 2.28 bits per heavy atom. The summed E-state index contributed by atoms with van der Waals surface area (Å²) >= 11 is 0. The number of aliphatic hydroxyl groups is 2. The SMILES string of the molecule is Nc1ncn(C2OC(CO)C(O)C2(F)F)c(=O)n1. The highest BCUT2D eigenvalue weighted by atomic mass is 19.3. The number of hydrogen-bond acceptors (Lipinski definition) is 7. The average Bonchev–Trinajstić information content (AvgIpc) is 2.52. The maximum absolute atomic E-state index is 13.7. The lowest BCUT2D eigenvalue weighted by molar-refractivity contribution is -0.141. The zero-order chi connectivity index (χ0) is 13.5. The van der Waals surface area contributed by atoms with Gasteiger partial charge in [-0.3, -0.25) is 0 Å². The summed E-state index contributed by atoms with van der Waals surface area (Å²) < 4.78 is 32.5. The molecule has 2 heterocycles. The van der Waals surface area contributed by atoms with Crippen LogP contribution in [-0.4, -0.2) is 49.5 Å². The molecule has 1 aliphatic rings. The highest BCUT2D eigenvalue weighted by Crippen LogP contribution is 2.41. The van der Waals surface area contributed by atoms with Gasteiger partial charge in [-0.1, -0.05) is 0 Å². The lowest BCUT2D eigenvalue weighted by Crippen LogP contribution is -2.42. The summed E-state index contributed by atoms with van der Waals surface area (Å²) in [5.41, 5.74) is 4.04. The van der Waals surface area contributed by atoms with Crippen LogP contribution in [0.15, 0.2) is 11.1 Å². The van der Waals surface area contributed by atoms with Gasteiger partial charge in [0, 0.05) is 0 Å². The summed E-state index contributed by atoms with van der Waals surface area (Å²) in [6, 6.07) is 0. The first-order valence-corrected chi connectivity index (χ1v) is 4.90. The molecular weight excluding hydrogens is 254 g/mol. The van der Waals surface area contributed by atoms with Crippen LogP contribution in [-0.2, 0) is 4.74 Å². The van der Waals surface area contributed by atoms with Crippen LogP contribution in [0.5, 0.6) is 0 Å². The second kappa shape index (κ2) is 4.23. The number of hydrogen-bond donors (Lipinski definition) is 3. The molecule has 0 radical (unpaired) electrons. The molecule has 0 spiro atoms. The van der Waals surface area contributed by atoms with Crippen molar-refractivity contribution in [3.8, 4) is 0 Å². The molecule has 1 fully saturated rings. The van der Waals surface area contributed by atoms with Gasteiger partial charge in [0.15, 0.2) is 6.10 Å². The Labute approximate surface area is 98.7 Å². The Balaban J connectivity index is 2.42. The number of aliphatic hydroxyl groups excluding tert-OH is 2. The van der Waals surface area contributed by atoms with Crippen LogP contribution in [0.4, 0.5) is 14.7 Å². The van der Waals surface area contributed by atoms with E-state index in [1.165, 1.54) is 0 Å². The molecule has 3 unspecified atom stereocenters. The molecule has 8 nitrogen and oxygen atoms in total. The number of aromatic nitrogens is 3. The van der Waals surface area contributed by atoms with Crippen LogP contribution < -0.4 is 11.4 Å². The van der Waals surface area contributed by atoms with Gasteiger partial charge in [0.25, 0.3) is 0 Å². The van der Waals surface area contributed by atoms with E-state index < -0.39 is 36.7 Å². The van der Waals surface area contributed by atoms with E-state index in [1.54, 1.807) is 0 Å². The number of ether oxygens (including phenoxy) is 1. The molecule has 1 aromatic rings. The van der Waals surface area contributed by atoms with E-state index in [-0.39, 0.29) is 5.95 Å². The number of nitrogens with zero attached hydrogens (tertiary/aromatic N) is 3. The highest BCUT2D eigenvalue weighted by Gasteiger charge is 2.59. The quantitative estimate of drug-likeness (QED) is 0.570. The van der Waals surface area contributed by atoms with Crippen LogP contribution in [0.3, 0.4) is 0 Å². The number of rotatable bonds is 2. The third-order valence-electron chi connectivity index (χ3n) is 2.56. The van der Waals surface area contributed by atoms with Gasteiger partial charge < -0.3 is 20.7 Å². The van der Waals surface area contributed by atoms with Crippen molar-refractivity contribution in [3.63, 3.8) is 0 Å². The van der Waals surface area contributed by atoms with E-state index in [2.05, 4.69) is 9.97 Å². The number of halogens is 2. The third kappa shape index (κ3) is 1.83. The maximum Gasteiger partial charge on any atom is 0.354 e. The van der Waals surface area contributed by atoms with Gasteiger partial charge in [-0.25, -0.2) is 14.3 Å². The smallest absolute Gasteiger partial charge is 0.354 e. The fraction of sp³-hybridized carbons (Fsp3) is 0.625. The minimum atomic E-state index is -3.75. The standard InChI is InChI=1S/C8H10F2N4O4/c9-8(10)4(16)3(1-15)18-5(8)14-2-12-6(11)13-7(14)17/h2-5,15-16H,1H2,(H2,11,13,17). The van der Waals surface area contributed by atoms with E-state index in [1.807, 2.05) is 0 Å². The second-order valence-electron chi connectivity index (χ2n) is 3.73. The van der Waals surface area contributed by atoms with E-state index in [4.69, 9.17) is 15.6 Å². The van der Waals surface area contributed by atoms with Crippen LogP contribution in [0.1, 0.15) is 6.23 Å². The number of alkyl halides is 2. The molecule has 18 heavy (non-hydrogen) atoms. The summed E-state index contributed by atoms with van der Waals surface area (Å²) in [5.74, 6) is -4.12. The van der Waals surface area contributed by atoms with Crippen LogP contribution >= 0.6 is 0 Å². The van der Waals surface area contributed by atoms with Gasteiger partial charge in [-0.2, -0.15) is 13.8 Å². The predicted molar refractivity (Wildman–Crippen MR) is 52.7 cm³/mol. The summed E-state index contributed by atoms with van der Waals surface area (Å²) in [6.07, 6.45) is -5.06. The molecule has 10 heteroatoms. The molecule has 1 aliphatic heterocycles. The first-order valence-electron chi connectivity index (χ1n) is 4.90. The molecule has 1 aromatic heterocycles. The van der Waals surface area contributed by atoms with Crippen molar-refractivity contribution in [1.82, 2.24) is 14.5 Å². The Bertz CT molecular complexity index is 508.